The summed E-state index contributed by atoms with van der Waals surface area (Å²) in [5, 5.41) is 4.87. The monoisotopic (exact) mass is 308 g/mol. The molecule has 1 heterocycles. The zero-order valence-corrected chi connectivity index (χ0v) is 13.3. The molecule has 1 aromatic heterocycles. The van der Waals surface area contributed by atoms with Gasteiger partial charge in [0.2, 0.25) is 0 Å². The van der Waals surface area contributed by atoms with Crippen LogP contribution in [0.15, 0.2) is 24.5 Å². The van der Waals surface area contributed by atoms with E-state index in [0.717, 1.165) is 23.7 Å². The van der Waals surface area contributed by atoms with Crippen molar-refractivity contribution in [1.82, 2.24) is 14.8 Å². The molecule has 1 unspecified atom stereocenters. The number of hydrogen-bond acceptors (Lipinski definition) is 4. The molecule has 21 heavy (non-hydrogen) atoms. The molecule has 0 fully saturated rings. The van der Waals surface area contributed by atoms with Crippen molar-refractivity contribution >= 4 is 11.6 Å². The van der Waals surface area contributed by atoms with Crippen LogP contribution in [-0.4, -0.2) is 14.8 Å². The van der Waals surface area contributed by atoms with Crippen LogP contribution in [0.1, 0.15) is 38.2 Å². The second-order valence-corrected chi connectivity index (χ2v) is 5.95. The average Bonchev–Trinajstić information content (AvgIpc) is 2.83. The molecular weight excluding hydrogens is 288 g/mol. The maximum Gasteiger partial charge on any atom is 0.164 e. The maximum absolute atomic E-state index is 6.01. The van der Waals surface area contributed by atoms with E-state index in [1.165, 1.54) is 0 Å². The quantitative estimate of drug-likeness (QED) is 0.890. The number of nitrogens with two attached hydrogens (primary N) is 1. The molecule has 5 nitrogen and oxygen atoms in total. The lowest BCUT2D eigenvalue weighted by Crippen LogP contribution is -2.13. The van der Waals surface area contributed by atoms with Crippen LogP contribution in [0, 0.1) is 5.92 Å². The summed E-state index contributed by atoms with van der Waals surface area (Å²) >= 11 is 6.01. The van der Waals surface area contributed by atoms with Crippen molar-refractivity contribution in [3.63, 3.8) is 0 Å². The molecule has 0 amide bonds. The van der Waals surface area contributed by atoms with Crippen LogP contribution in [-0.2, 0) is 13.2 Å². The lowest BCUT2D eigenvalue weighted by molar-refractivity contribution is 0.279. The van der Waals surface area contributed by atoms with Crippen molar-refractivity contribution in [2.24, 2.45) is 11.7 Å². The van der Waals surface area contributed by atoms with Gasteiger partial charge in [0, 0.05) is 23.2 Å². The van der Waals surface area contributed by atoms with Gasteiger partial charge in [0.15, 0.2) is 5.82 Å². The highest BCUT2D eigenvalue weighted by Crippen LogP contribution is 2.27. The molecule has 0 aliphatic rings. The van der Waals surface area contributed by atoms with Gasteiger partial charge in [-0.15, -0.1) is 0 Å². The van der Waals surface area contributed by atoms with Crippen molar-refractivity contribution in [3.05, 3.63) is 40.9 Å². The van der Waals surface area contributed by atoms with E-state index < -0.39 is 0 Å². The standard InChI is InChI=1S/C15H21ClN4O/c1-10(2)7-20-15(18-9-19-20)8-21-14-5-4-12(16)6-13(14)11(3)17/h4-6,9-11H,7-8,17H2,1-3H3. The first-order valence-electron chi connectivity index (χ1n) is 7.02. The Morgan fingerprint density at radius 2 is 2.10 bits per heavy atom. The molecule has 114 valence electrons. The molecule has 2 aromatic rings. The van der Waals surface area contributed by atoms with E-state index in [1.54, 1.807) is 12.4 Å². The number of rotatable bonds is 6. The van der Waals surface area contributed by atoms with Gasteiger partial charge in [-0.3, -0.25) is 0 Å². The smallest absolute Gasteiger partial charge is 0.164 e. The van der Waals surface area contributed by atoms with E-state index in [9.17, 15) is 0 Å². The van der Waals surface area contributed by atoms with Crippen LogP contribution in [0.4, 0.5) is 0 Å². The lowest BCUT2D eigenvalue weighted by Gasteiger charge is -2.15. The number of halogens is 1. The maximum atomic E-state index is 6.01. The van der Waals surface area contributed by atoms with Crippen molar-refractivity contribution < 1.29 is 4.74 Å². The third kappa shape index (κ3) is 4.19. The predicted octanol–water partition coefficient (Wildman–Crippen LogP) is 3.19. The molecule has 0 spiro atoms. The lowest BCUT2D eigenvalue weighted by atomic mass is 10.1. The Balaban J connectivity index is 2.12. The largest absolute Gasteiger partial charge is 0.485 e. The second-order valence-electron chi connectivity index (χ2n) is 5.51. The summed E-state index contributed by atoms with van der Waals surface area (Å²) in [5.41, 5.74) is 6.84. The third-order valence-corrected chi connectivity index (χ3v) is 3.29. The Kier molecular flexibility index (Phi) is 5.20. The Labute approximate surface area is 130 Å². The summed E-state index contributed by atoms with van der Waals surface area (Å²) in [7, 11) is 0. The third-order valence-electron chi connectivity index (χ3n) is 3.05. The molecule has 2 N–H and O–H groups in total. The van der Waals surface area contributed by atoms with E-state index in [2.05, 4.69) is 23.9 Å². The zero-order valence-electron chi connectivity index (χ0n) is 12.6. The second kappa shape index (κ2) is 6.91. The van der Waals surface area contributed by atoms with Gasteiger partial charge in [-0.05, 0) is 31.0 Å². The number of hydrogen-bond donors (Lipinski definition) is 1. The normalized spacial score (nSPS) is 12.7. The van der Waals surface area contributed by atoms with Crippen molar-refractivity contribution in [2.45, 2.75) is 40.0 Å². The molecule has 1 aromatic carbocycles. The summed E-state index contributed by atoms with van der Waals surface area (Å²) in [6, 6.07) is 5.32. The summed E-state index contributed by atoms with van der Waals surface area (Å²) in [4.78, 5) is 4.25. The first-order chi connectivity index (χ1) is 9.97. The first-order valence-corrected chi connectivity index (χ1v) is 7.39. The Morgan fingerprint density at radius 3 is 2.76 bits per heavy atom. The fraction of sp³-hybridized carbons (Fsp3) is 0.467. The van der Waals surface area contributed by atoms with Gasteiger partial charge < -0.3 is 10.5 Å². The first kappa shape index (κ1) is 15.8. The molecule has 0 saturated heterocycles. The molecule has 6 heteroatoms. The van der Waals surface area contributed by atoms with Gasteiger partial charge in [-0.1, -0.05) is 25.4 Å². The van der Waals surface area contributed by atoms with Crippen LogP contribution < -0.4 is 10.5 Å². The van der Waals surface area contributed by atoms with Gasteiger partial charge in [0.05, 0.1) is 0 Å². The molecule has 0 aliphatic heterocycles. The van der Waals surface area contributed by atoms with Crippen molar-refractivity contribution in [1.29, 1.82) is 0 Å². The van der Waals surface area contributed by atoms with E-state index in [-0.39, 0.29) is 6.04 Å². The fourth-order valence-corrected chi connectivity index (χ4v) is 2.23. The highest BCUT2D eigenvalue weighted by molar-refractivity contribution is 6.30. The van der Waals surface area contributed by atoms with Crippen LogP contribution in [0.5, 0.6) is 5.75 Å². The van der Waals surface area contributed by atoms with Crippen LogP contribution >= 0.6 is 11.6 Å². The van der Waals surface area contributed by atoms with Crippen molar-refractivity contribution in [3.8, 4) is 5.75 Å². The highest BCUT2D eigenvalue weighted by atomic mass is 35.5. The zero-order chi connectivity index (χ0) is 15.4. The van der Waals surface area contributed by atoms with E-state index in [1.807, 2.05) is 23.7 Å². The molecule has 1 atom stereocenters. The topological polar surface area (TPSA) is 66.0 Å². The summed E-state index contributed by atoms with van der Waals surface area (Å²) in [6.45, 7) is 7.35. The SMILES string of the molecule is CC(C)Cn1ncnc1COc1ccc(Cl)cc1C(C)N. The van der Waals surface area contributed by atoms with Gasteiger partial charge in [0.1, 0.15) is 18.7 Å². The molecule has 0 radical (unpaired) electrons. The van der Waals surface area contributed by atoms with E-state index in [4.69, 9.17) is 22.1 Å². The molecular formula is C15H21ClN4O. The fourth-order valence-electron chi connectivity index (χ4n) is 2.05. The van der Waals surface area contributed by atoms with Gasteiger partial charge in [-0.25, -0.2) is 9.67 Å². The number of ether oxygens (including phenoxy) is 1. The Hall–Kier alpha value is -1.59. The molecule has 0 saturated carbocycles. The summed E-state index contributed by atoms with van der Waals surface area (Å²) < 4.78 is 7.73. The molecule has 2 rings (SSSR count). The minimum Gasteiger partial charge on any atom is -0.485 e. The Bertz CT molecular complexity index is 595. The van der Waals surface area contributed by atoms with Crippen molar-refractivity contribution in [2.75, 3.05) is 0 Å². The van der Waals surface area contributed by atoms with Crippen LogP contribution in [0.2, 0.25) is 5.02 Å². The number of nitrogens with zero attached hydrogens (tertiary/aromatic N) is 3. The summed E-state index contributed by atoms with van der Waals surface area (Å²) in [6.07, 6.45) is 1.55. The molecule has 0 bridgehead atoms. The van der Waals surface area contributed by atoms with Crippen LogP contribution in [0.3, 0.4) is 0 Å². The van der Waals surface area contributed by atoms with Crippen LogP contribution in [0.25, 0.3) is 0 Å². The van der Waals surface area contributed by atoms with Gasteiger partial charge in [0.25, 0.3) is 0 Å². The average molecular weight is 309 g/mol. The van der Waals surface area contributed by atoms with E-state index >= 15 is 0 Å². The number of aromatic nitrogens is 3. The highest BCUT2D eigenvalue weighted by Gasteiger charge is 2.11. The number of benzene rings is 1. The van der Waals surface area contributed by atoms with Gasteiger partial charge >= 0.3 is 0 Å². The Morgan fingerprint density at radius 1 is 1.33 bits per heavy atom. The summed E-state index contributed by atoms with van der Waals surface area (Å²) in [5.74, 6) is 2.03. The van der Waals surface area contributed by atoms with E-state index in [0.29, 0.717) is 17.5 Å². The predicted molar refractivity (Wildman–Crippen MR) is 83.2 cm³/mol. The molecule has 0 aliphatic carbocycles. The van der Waals surface area contributed by atoms with Gasteiger partial charge in [-0.2, -0.15) is 5.10 Å². The minimum absolute atomic E-state index is 0.146. The minimum atomic E-state index is -0.146.